The third-order valence-corrected chi connectivity index (χ3v) is 3.48. The van der Waals surface area contributed by atoms with Crippen molar-refractivity contribution in [3.63, 3.8) is 0 Å². The zero-order valence-electron chi connectivity index (χ0n) is 20.3. The Hall–Kier alpha value is -2.79. The van der Waals surface area contributed by atoms with Crippen molar-refractivity contribution in [1.82, 2.24) is 0 Å². The van der Waals surface area contributed by atoms with Crippen molar-refractivity contribution in [2.45, 2.75) is 6.10 Å². The molecule has 0 heterocycles. The summed E-state index contributed by atoms with van der Waals surface area (Å²) in [5.74, 6) is -2.64. The molecule has 0 unspecified atom stereocenters. The van der Waals surface area contributed by atoms with Gasteiger partial charge in [-0.05, 0) is 36.4 Å². The van der Waals surface area contributed by atoms with Crippen LogP contribution in [0.3, 0.4) is 0 Å². The predicted molar refractivity (Wildman–Crippen MR) is 128 cm³/mol. The minimum atomic E-state index is -0.954. The van der Waals surface area contributed by atoms with Gasteiger partial charge in [-0.2, -0.15) is 0 Å². The van der Waals surface area contributed by atoms with E-state index >= 15 is 0 Å². The average Bonchev–Trinajstić information content (AvgIpc) is 2.86. The first-order valence-electron chi connectivity index (χ1n) is 9.47. The Morgan fingerprint density at radius 1 is 0.559 bits per heavy atom. The maximum absolute atomic E-state index is 10.2. The number of aliphatic hydroxyl groups is 3. The Labute approximate surface area is 229 Å². The Kier molecular flexibility index (Phi) is 20.4. The van der Waals surface area contributed by atoms with Gasteiger partial charge in [-0.25, -0.2) is 14.4 Å². The van der Waals surface area contributed by atoms with Crippen molar-refractivity contribution in [3.05, 3.63) is 108 Å². The summed E-state index contributed by atoms with van der Waals surface area (Å²) < 4.78 is 0. The number of carboxylic acids is 3. The largest absolute Gasteiger partial charge is 2.00 e. The van der Waals surface area contributed by atoms with Crippen molar-refractivity contribution in [2.24, 2.45) is 0 Å². The number of carbonyl (C=O) groups is 3. The van der Waals surface area contributed by atoms with Crippen LogP contribution in [0.1, 0.15) is 33.9 Å². The second-order valence-electron chi connectivity index (χ2n) is 6.03. The minimum absolute atomic E-state index is 0. The Balaban J connectivity index is -0.000000187. The standard InChI is InChI=1S/3C7H6O2.C3H8O3.Ca.2H/c3*8-7(9)6-4-2-1-3-5-6;4-1-3(6)2-5;;;/h3*1-5H,(H,8,9);3-6H,1-2H2;;;/q;;;;+2;2*-1. The van der Waals surface area contributed by atoms with E-state index in [1.165, 1.54) is 0 Å². The molecule has 180 valence electrons. The predicted octanol–water partition coefficient (Wildman–Crippen LogP) is 2.33. The van der Waals surface area contributed by atoms with Crippen LogP contribution >= 0.6 is 0 Å². The summed E-state index contributed by atoms with van der Waals surface area (Å²) in [6.07, 6.45) is -0.954. The van der Waals surface area contributed by atoms with Gasteiger partial charge >= 0.3 is 55.6 Å². The van der Waals surface area contributed by atoms with Gasteiger partial charge in [0.05, 0.1) is 29.9 Å². The molecule has 0 fully saturated rings. The number of hydrogen-bond acceptors (Lipinski definition) is 6. The zero-order valence-corrected chi connectivity index (χ0v) is 20.5. The molecule has 3 aromatic carbocycles. The fourth-order valence-corrected chi connectivity index (χ4v) is 1.80. The fourth-order valence-electron chi connectivity index (χ4n) is 1.80. The van der Waals surface area contributed by atoms with Crippen LogP contribution in [-0.4, -0.2) is 106 Å². The van der Waals surface area contributed by atoms with Crippen LogP contribution in [0.4, 0.5) is 0 Å². The Bertz CT molecular complexity index is 826. The van der Waals surface area contributed by atoms with Crippen LogP contribution in [0, 0.1) is 0 Å². The Morgan fingerprint density at radius 3 is 0.853 bits per heavy atom. The molecule has 0 radical (unpaired) electrons. The van der Waals surface area contributed by atoms with Gasteiger partial charge in [-0.15, -0.1) is 0 Å². The average molecular weight is 501 g/mol. The number of benzene rings is 3. The molecule has 9 nitrogen and oxygen atoms in total. The van der Waals surface area contributed by atoms with Crippen LogP contribution in [0.5, 0.6) is 0 Å². The molecule has 0 saturated heterocycles. The van der Waals surface area contributed by atoms with E-state index in [-0.39, 0.29) is 53.8 Å². The maximum Gasteiger partial charge on any atom is 2.00 e. The summed E-state index contributed by atoms with van der Waals surface area (Å²) in [6, 6.07) is 24.9. The maximum atomic E-state index is 10.2. The van der Waals surface area contributed by atoms with E-state index in [1.54, 1.807) is 91.0 Å². The quantitative estimate of drug-likeness (QED) is 0.287. The number of aromatic carboxylic acids is 3. The first kappa shape index (κ1) is 33.4. The molecule has 0 bridgehead atoms. The van der Waals surface area contributed by atoms with Crippen molar-refractivity contribution >= 4 is 55.6 Å². The van der Waals surface area contributed by atoms with Crippen molar-refractivity contribution in [3.8, 4) is 0 Å². The van der Waals surface area contributed by atoms with Gasteiger partial charge in [0.25, 0.3) is 0 Å². The van der Waals surface area contributed by atoms with E-state index in [2.05, 4.69) is 0 Å². The van der Waals surface area contributed by atoms with E-state index in [1.807, 2.05) is 0 Å². The van der Waals surface area contributed by atoms with Gasteiger partial charge in [0, 0.05) is 0 Å². The third kappa shape index (κ3) is 16.8. The molecule has 0 aliphatic carbocycles. The van der Waals surface area contributed by atoms with Crippen LogP contribution in [0.25, 0.3) is 0 Å². The van der Waals surface area contributed by atoms with Crippen LogP contribution in [-0.2, 0) is 0 Å². The van der Waals surface area contributed by atoms with Crippen molar-refractivity contribution < 1.29 is 47.9 Å². The van der Waals surface area contributed by atoms with E-state index in [0.29, 0.717) is 16.7 Å². The zero-order chi connectivity index (χ0) is 25.1. The molecule has 34 heavy (non-hydrogen) atoms. The Morgan fingerprint density at radius 2 is 0.765 bits per heavy atom. The minimum Gasteiger partial charge on any atom is -1.00 e. The molecule has 0 spiro atoms. The SMILES string of the molecule is O=C(O)c1ccccc1.O=C(O)c1ccccc1.O=C(O)c1ccccc1.OCC(O)CO.[Ca+2].[H-].[H-]. The molecule has 0 aliphatic heterocycles. The van der Waals surface area contributed by atoms with Gasteiger partial charge in [-0.3, -0.25) is 0 Å². The number of carboxylic acid groups (broad SMARTS) is 3. The normalized spacial score (nSPS) is 8.82. The summed E-state index contributed by atoms with van der Waals surface area (Å²) >= 11 is 0. The third-order valence-electron chi connectivity index (χ3n) is 3.48. The summed E-state index contributed by atoms with van der Waals surface area (Å²) in [4.78, 5) is 30.6. The fraction of sp³-hybridized carbons (Fsp3) is 0.125. The smallest absolute Gasteiger partial charge is 1.00 e. The topological polar surface area (TPSA) is 173 Å². The molecule has 3 rings (SSSR count). The first-order chi connectivity index (χ1) is 15.7. The number of hydrogen-bond donors (Lipinski definition) is 6. The van der Waals surface area contributed by atoms with E-state index in [9.17, 15) is 14.4 Å². The number of aliphatic hydroxyl groups excluding tert-OH is 3. The van der Waals surface area contributed by atoms with Gasteiger partial charge in [0.2, 0.25) is 0 Å². The molecule has 0 saturated carbocycles. The molecule has 0 aromatic heterocycles. The van der Waals surface area contributed by atoms with Crippen LogP contribution < -0.4 is 0 Å². The summed E-state index contributed by atoms with van der Waals surface area (Å²) in [6.45, 7) is -0.729. The van der Waals surface area contributed by atoms with E-state index < -0.39 is 24.0 Å². The van der Waals surface area contributed by atoms with Crippen LogP contribution in [0.15, 0.2) is 91.0 Å². The molecule has 0 atom stereocenters. The molecule has 10 heteroatoms. The van der Waals surface area contributed by atoms with E-state index in [0.717, 1.165) is 0 Å². The summed E-state index contributed by atoms with van der Waals surface area (Å²) in [7, 11) is 0. The van der Waals surface area contributed by atoms with Gasteiger partial charge in [0.15, 0.2) is 0 Å². The van der Waals surface area contributed by atoms with Crippen molar-refractivity contribution in [2.75, 3.05) is 13.2 Å². The molecule has 0 aliphatic rings. The monoisotopic (exact) mass is 500 g/mol. The second-order valence-corrected chi connectivity index (χ2v) is 6.03. The van der Waals surface area contributed by atoms with E-state index in [4.69, 9.17) is 30.6 Å². The molecule has 6 N–H and O–H groups in total. The second kappa shape index (κ2) is 20.8. The number of rotatable bonds is 5. The van der Waals surface area contributed by atoms with Gasteiger partial charge in [-0.1, -0.05) is 54.6 Å². The summed E-state index contributed by atoms with van der Waals surface area (Å²) in [5, 5.41) is 49.2. The van der Waals surface area contributed by atoms with Gasteiger partial charge < -0.3 is 33.5 Å². The summed E-state index contributed by atoms with van der Waals surface area (Å²) in [5.41, 5.74) is 0.993. The molecular weight excluding hydrogens is 472 g/mol. The van der Waals surface area contributed by atoms with Gasteiger partial charge in [0.1, 0.15) is 6.10 Å². The molecule has 3 aromatic rings. The van der Waals surface area contributed by atoms with Crippen LogP contribution in [0.2, 0.25) is 0 Å². The molecular formula is C24H28CaO9. The van der Waals surface area contributed by atoms with Crippen molar-refractivity contribution in [1.29, 1.82) is 0 Å². The first-order valence-corrected chi connectivity index (χ1v) is 9.47. The molecule has 0 amide bonds.